The summed E-state index contributed by atoms with van der Waals surface area (Å²) in [4.78, 5) is 28.0. The average Bonchev–Trinajstić information content (AvgIpc) is 3.54. The molecule has 2 N–H and O–H groups in total. The smallest absolute Gasteiger partial charge is 0.310 e. The third-order valence-corrected chi connectivity index (χ3v) is 8.24. The quantitative estimate of drug-likeness (QED) is 0.295. The minimum atomic E-state index is 0.0182. The van der Waals surface area contributed by atoms with Crippen molar-refractivity contribution >= 4 is 21.9 Å². The molecule has 6 aromatic rings. The lowest BCUT2D eigenvalue weighted by Crippen LogP contribution is -2.37. The number of aryl methyl sites for hydroxylation is 1. The lowest BCUT2D eigenvalue weighted by atomic mass is 10.0. The molecule has 1 fully saturated rings. The van der Waals surface area contributed by atoms with Crippen molar-refractivity contribution < 1.29 is 0 Å². The summed E-state index contributed by atoms with van der Waals surface area (Å²) in [7, 11) is 0. The lowest BCUT2D eigenvalue weighted by molar-refractivity contribution is 0.177. The SMILES string of the molecule is Cc1[nH]c(=O)n(C2CCN(Cc3ccc(-c4nc5cc6[nH]ncc6cc5nc4-c4ccccc4)cc3)CC2)c1C. The first-order valence-corrected chi connectivity index (χ1v) is 13.8. The zero-order valence-electron chi connectivity index (χ0n) is 22.7. The summed E-state index contributed by atoms with van der Waals surface area (Å²) in [6.07, 6.45) is 3.77. The Morgan fingerprint density at radius 1 is 0.875 bits per heavy atom. The number of hydrogen-bond donors (Lipinski definition) is 2. The summed E-state index contributed by atoms with van der Waals surface area (Å²) in [5.74, 6) is 0. The third-order valence-electron chi connectivity index (χ3n) is 8.24. The Bertz CT molecular complexity index is 1870. The number of nitrogens with zero attached hydrogens (tertiary/aromatic N) is 5. The third kappa shape index (κ3) is 4.40. The van der Waals surface area contributed by atoms with Crippen molar-refractivity contribution in [3.05, 3.63) is 100 Å². The van der Waals surface area contributed by atoms with E-state index in [-0.39, 0.29) is 11.7 Å². The molecule has 0 atom stereocenters. The summed E-state index contributed by atoms with van der Waals surface area (Å²) in [5, 5.41) is 8.23. The Kier molecular flexibility index (Phi) is 6.04. The van der Waals surface area contributed by atoms with Gasteiger partial charge in [-0.1, -0.05) is 54.6 Å². The summed E-state index contributed by atoms with van der Waals surface area (Å²) >= 11 is 0. The van der Waals surface area contributed by atoms with Crippen LogP contribution in [0.5, 0.6) is 0 Å². The molecule has 0 bridgehead atoms. The number of aromatic nitrogens is 6. The van der Waals surface area contributed by atoms with Crippen molar-refractivity contribution in [3.63, 3.8) is 0 Å². The molecule has 3 aromatic heterocycles. The van der Waals surface area contributed by atoms with Gasteiger partial charge in [0.2, 0.25) is 0 Å². The topological polar surface area (TPSA) is 95.5 Å². The van der Waals surface area contributed by atoms with Crippen molar-refractivity contribution in [2.24, 2.45) is 0 Å². The van der Waals surface area contributed by atoms with Gasteiger partial charge in [0.05, 0.1) is 34.1 Å². The van der Waals surface area contributed by atoms with E-state index in [1.54, 1.807) is 0 Å². The van der Waals surface area contributed by atoms with E-state index in [9.17, 15) is 4.79 Å². The number of fused-ring (bicyclic) bond motifs is 2. The molecule has 4 heterocycles. The van der Waals surface area contributed by atoms with Crippen LogP contribution in [-0.2, 0) is 6.54 Å². The number of likely N-dealkylation sites (tertiary alicyclic amines) is 1. The van der Waals surface area contributed by atoms with Gasteiger partial charge in [-0.25, -0.2) is 14.8 Å². The maximum absolute atomic E-state index is 12.4. The fourth-order valence-electron chi connectivity index (χ4n) is 5.94. The lowest BCUT2D eigenvalue weighted by Gasteiger charge is -2.32. The second-order valence-electron chi connectivity index (χ2n) is 10.8. The molecule has 0 unspecified atom stereocenters. The number of imidazole rings is 1. The van der Waals surface area contributed by atoms with E-state index in [2.05, 4.69) is 56.5 Å². The van der Waals surface area contributed by atoms with E-state index in [1.807, 2.05) is 54.9 Å². The molecule has 1 aliphatic heterocycles. The van der Waals surface area contributed by atoms with E-state index in [0.717, 1.165) is 88.3 Å². The number of aromatic amines is 2. The summed E-state index contributed by atoms with van der Waals surface area (Å²) in [5.41, 5.74) is 9.76. The molecule has 0 radical (unpaired) electrons. The van der Waals surface area contributed by atoms with E-state index < -0.39 is 0 Å². The number of H-pyrrole nitrogens is 2. The predicted octanol–water partition coefficient (Wildman–Crippen LogP) is 5.78. The van der Waals surface area contributed by atoms with Crippen molar-refractivity contribution in [3.8, 4) is 22.5 Å². The van der Waals surface area contributed by atoms with Gasteiger partial charge in [-0.05, 0) is 44.4 Å². The maximum atomic E-state index is 12.4. The number of benzene rings is 3. The first kappa shape index (κ1) is 24.5. The van der Waals surface area contributed by atoms with E-state index in [0.29, 0.717) is 0 Å². The maximum Gasteiger partial charge on any atom is 0.326 e. The predicted molar refractivity (Wildman–Crippen MR) is 158 cm³/mol. The Morgan fingerprint density at radius 2 is 1.55 bits per heavy atom. The molecule has 0 saturated carbocycles. The molecule has 8 nitrogen and oxygen atoms in total. The molecule has 0 spiro atoms. The van der Waals surface area contributed by atoms with E-state index >= 15 is 0 Å². The van der Waals surface area contributed by atoms with Crippen molar-refractivity contribution in [2.75, 3.05) is 13.1 Å². The van der Waals surface area contributed by atoms with Crippen LogP contribution in [0.15, 0.2) is 77.7 Å². The second-order valence-corrected chi connectivity index (χ2v) is 10.8. The molecule has 200 valence electrons. The monoisotopic (exact) mass is 529 g/mol. The van der Waals surface area contributed by atoms with Crippen molar-refractivity contribution in [1.29, 1.82) is 0 Å². The van der Waals surface area contributed by atoms with Gasteiger partial charge in [0.25, 0.3) is 0 Å². The number of rotatable bonds is 5. The Balaban J connectivity index is 1.14. The van der Waals surface area contributed by atoms with E-state index in [1.165, 1.54) is 5.56 Å². The molecule has 3 aromatic carbocycles. The average molecular weight is 530 g/mol. The van der Waals surface area contributed by atoms with Crippen molar-refractivity contribution in [1.82, 2.24) is 34.6 Å². The van der Waals surface area contributed by atoms with Gasteiger partial charge in [-0.2, -0.15) is 5.10 Å². The molecular formula is C32H31N7O. The van der Waals surface area contributed by atoms with Crippen molar-refractivity contribution in [2.45, 2.75) is 39.3 Å². The zero-order chi connectivity index (χ0) is 27.2. The molecule has 1 aliphatic rings. The first-order valence-electron chi connectivity index (χ1n) is 13.8. The first-order chi connectivity index (χ1) is 19.5. The van der Waals surface area contributed by atoms with Gasteiger partial charge in [-0.15, -0.1) is 0 Å². The Hall–Kier alpha value is -4.56. The molecular weight excluding hydrogens is 498 g/mol. The molecule has 1 saturated heterocycles. The minimum Gasteiger partial charge on any atom is -0.310 e. The Labute approximate surface area is 231 Å². The fraction of sp³-hybridized carbons (Fsp3) is 0.250. The second kappa shape index (κ2) is 9.88. The largest absolute Gasteiger partial charge is 0.326 e. The highest BCUT2D eigenvalue weighted by atomic mass is 16.1. The molecule has 0 amide bonds. The molecule has 40 heavy (non-hydrogen) atoms. The van der Waals surface area contributed by atoms with Gasteiger partial charge in [0.1, 0.15) is 0 Å². The van der Waals surface area contributed by atoms with Crippen LogP contribution in [0.1, 0.15) is 35.8 Å². The van der Waals surface area contributed by atoms with Crippen LogP contribution in [0.3, 0.4) is 0 Å². The highest BCUT2D eigenvalue weighted by Gasteiger charge is 2.24. The molecule has 7 rings (SSSR count). The van der Waals surface area contributed by atoms with Crippen LogP contribution < -0.4 is 5.69 Å². The van der Waals surface area contributed by atoms with E-state index in [4.69, 9.17) is 9.97 Å². The van der Waals surface area contributed by atoms with Crippen LogP contribution in [0.25, 0.3) is 44.5 Å². The minimum absolute atomic E-state index is 0.0182. The van der Waals surface area contributed by atoms with Gasteiger partial charge in [-0.3, -0.25) is 14.6 Å². The molecule has 0 aliphatic carbocycles. The van der Waals surface area contributed by atoms with Gasteiger partial charge >= 0.3 is 5.69 Å². The zero-order valence-corrected chi connectivity index (χ0v) is 22.7. The van der Waals surface area contributed by atoms with Gasteiger partial charge in [0, 0.05) is 53.6 Å². The van der Waals surface area contributed by atoms with Crippen LogP contribution >= 0.6 is 0 Å². The molecule has 8 heteroatoms. The Morgan fingerprint density at radius 3 is 2.23 bits per heavy atom. The summed E-state index contributed by atoms with van der Waals surface area (Å²) in [6.45, 7) is 6.83. The van der Waals surface area contributed by atoms with Gasteiger partial charge < -0.3 is 4.98 Å². The van der Waals surface area contributed by atoms with Crippen LogP contribution in [0.4, 0.5) is 0 Å². The highest BCUT2D eigenvalue weighted by molar-refractivity contribution is 5.95. The van der Waals surface area contributed by atoms with Gasteiger partial charge in [0.15, 0.2) is 0 Å². The number of nitrogens with one attached hydrogen (secondary N) is 2. The van der Waals surface area contributed by atoms with Crippen LogP contribution in [-0.4, -0.2) is 47.7 Å². The standard InChI is InChI=1S/C32H31N7O/c1-20-21(2)39(32(40)34-20)26-12-14-38(15-13-26)19-22-8-10-24(11-9-22)31-30(23-6-4-3-5-7-23)35-28-16-25-18-33-37-27(25)17-29(28)36-31/h3-11,16-18,26H,12-15,19H2,1-2H3,(H,33,37)(H,34,40). The number of hydrogen-bond acceptors (Lipinski definition) is 5. The summed E-state index contributed by atoms with van der Waals surface area (Å²) < 4.78 is 1.95. The normalized spacial score (nSPS) is 14.8. The van der Waals surface area contributed by atoms with Crippen LogP contribution in [0, 0.1) is 13.8 Å². The summed E-state index contributed by atoms with van der Waals surface area (Å²) in [6, 6.07) is 23.3. The highest BCUT2D eigenvalue weighted by Crippen LogP contribution is 2.32. The fourth-order valence-corrected chi connectivity index (χ4v) is 5.94. The number of piperidine rings is 1. The van der Waals surface area contributed by atoms with Crippen LogP contribution in [0.2, 0.25) is 0 Å².